The number of sulfonamides is 1. The Morgan fingerprint density at radius 2 is 1.77 bits per heavy atom. The molecule has 2 aromatic rings. The predicted octanol–water partition coefficient (Wildman–Crippen LogP) is 4.89. The Morgan fingerprint density at radius 1 is 1.10 bits per heavy atom. The van der Waals surface area contributed by atoms with Gasteiger partial charge in [0.1, 0.15) is 5.75 Å². The molecule has 2 aromatic carbocycles. The van der Waals surface area contributed by atoms with Crippen LogP contribution in [0.15, 0.2) is 53.4 Å². The monoisotopic (exact) mass is 437 g/mol. The van der Waals surface area contributed by atoms with Crippen molar-refractivity contribution in [2.75, 3.05) is 13.1 Å². The van der Waals surface area contributed by atoms with Crippen molar-refractivity contribution in [1.29, 1.82) is 0 Å². The zero-order chi connectivity index (χ0) is 21.9. The molecular weight excluding hydrogens is 415 g/mol. The highest BCUT2D eigenvalue weighted by molar-refractivity contribution is 7.89. The molecule has 160 valence electrons. The molecule has 1 aliphatic heterocycles. The summed E-state index contributed by atoms with van der Waals surface area (Å²) in [6.45, 7) is 6.23. The Morgan fingerprint density at radius 3 is 2.40 bits per heavy atom. The van der Waals surface area contributed by atoms with Gasteiger partial charge in [0.2, 0.25) is 10.0 Å². The van der Waals surface area contributed by atoms with Crippen molar-refractivity contribution in [3.63, 3.8) is 0 Å². The third-order valence-corrected chi connectivity index (χ3v) is 7.88. The van der Waals surface area contributed by atoms with Gasteiger partial charge in [0.25, 0.3) is 0 Å². The first kappa shape index (κ1) is 20.9. The number of halogens is 3. The van der Waals surface area contributed by atoms with Crippen molar-refractivity contribution < 1.29 is 26.3 Å². The average Bonchev–Trinajstić information content (AvgIpc) is 2.88. The number of hydrogen-bond donors (Lipinski definition) is 0. The molecule has 30 heavy (non-hydrogen) atoms. The van der Waals surface area contributed by atoms with Gasteiger partial charge in [-0.05, 0) is 53.3 Å². The lowest BCUT2D eigenvalue weighted by Crippen LogP contribution is -2.42. The smallest absolute Gasteiger partial charge is 0.406 e. The quantitative estimate of drug-likeness (QED) is 0.687. The normalized spacial score (nSPS) is 21.0. The SMILES string of the molecule is Cc1ccc(S(=O)(=O)N2CC=C3c4ccc(OC(F)(F)F)cc4C(C)(C)C3C2)cc1. The maximum atomic E-state index is 13.1. The van der Waals surface area contributed by atoms with E-state index in [0.717, 1.165) is 22.3 Å². The number of nitrogens with zero attached hydrogens (tertiary/aromatic N) is 1. The van der Waals surface area contributed by atoms with E-state index in [-0.39, 0.29) is 29.7 Å². The van der Waals surface area contributed by atoms with Crippen molar-refractivity contribution in [3.05, 3.63) is 65.2 Å². The molecule has 0 bridgehead atoms. The van der Waals surface area contributed by atoms with E-state index in [9.17, 15) is 21.6 Å². The third kappa shape index (κ3) is 3.52. The van der Waals surface area contributed by atoms with Crippen LogP contribution in [0.25, 0.3) is 5.57 Å². The van der Waals surface area contributed by atoms with Crippen LogP contribution >= 0.6 is 0 Å². The van der Waals surface area contributed by atoms with Crippen LogP contribution < -0.4 is 4.74 Å². The maximum absolute atomic E-state index is 13.1. The molecule has 0 amide bonds. The first-order chi connectivity index (χ1) is 13.9. The van der Waals surface area contributed by atoms with E-state index in [4.69, 9.17) is 0 Å². The summed E-state index contributed by atoms with van der Waals surface area (Å²) in [7, 11) is -3.67. The molecule has 0 saturated carbocycles. The van der Waals surface area contributed by atoms with Gasteiger partial charge in [-0.25, -0.2) is 8.42 Å². The largest absolute Gasteiger partial charge is 0.573 e. The topological polar surface area (TPSA) is 46.6 Å². The molecule has 0 radical (unpaired) electrons. The van der Waals surface area contributed by atoms with Crippen LogP contribution in [0.2, 0.25) is 0 Å². The Balaban J connectivity index is 1.67. The summed E-state index contributed by atoms with van der Waals surface area (Å²) in [4.78, 5) is 0.235. The molecule has 1 heterocycles. The van der Waals surface area contributed by atoms with E-state index in [1.54, 1.807) is 30.3 Å². The van der Waals surface area contributed by atoms with Crippen molar-refractivity contribution in [1.82, 2.24) is 4.31 Å². The Hall–Kier alpha value is -2.32. The van der Waals surface area contributed by atoms with Gasteiger partial charge in [-0.15, -0.1) is 13.2 Å². The number of alkyl halides is 3. The minimum Gasteiger partial charge on any atom is -0.406 e. The van der Waals surface area contributed by atoms with Crippen LogP contribution in [-0.4, -0.2) is 32.2 Å². The van der Waals surface area contributed by atoms with E-state index >= 15 is 0 Å². The zero-order valence-electron chi connectivity index (χ0n) is 16.8. The second-order valence-electron chi connectivity index (χ2n) is 8.32. The molecule has 1 unspecified atom stereocenters. The van der Waals surface area contributed by atoms with Crippen molar-refractivity contribution >= 4 is 15.6 Å². The molecule has 4 rings (SSSR count). The highest BCUT2D eigenvalue weighted by Gasteiger charge is 2.47. The molecule has 8 heteroatoms. The standard InChI is InChI=1S/C22H22F3NO3S/c1-14-4-7-16(8-5-14)30(27,28)26-11-10-18-17-9-6-15(29-22(23,24)25)12-19(17)21(2,3)20(18)13-26/h4-10,12,20H,11,13H2,1-3H3. The van der Waals surface area contributed by atoms with Gasteiger partial charge in [0.15, 0.2) is 0 Å². The number of ether oxygens (including phenoxy) is 1. The zero-order valence-corrected chi connectivity index (χ0v) is 17.6. The molecule has 0 fully saturated rings. The molecule has 4 nitrogen and oxygen atoms in total. The lowest BCUT2D eigenvalue weighted by Gasteiger charge is -2.36. The molecule has 2 aliphatic rings. The molecule has 1 aliphatic carbocycles. The predicted molar refractivity (Wildman–Crippen MR) is 108 cm³/mol. The lowest BCUT2D eigenvalue weighted by atomic mass is 9.76. The van der Waals surface area contributed by atoms with Crippen LogP contribution in [0, 0.1) is 12.8 Å². The summed E-state index contributed by atoms with van der Waals surface area (Å²) in [6, 6.07) is 11.1. The van der Waals surface area contributed by atoms with Gasteiger partial charge in [0, 0.05) is 19.0 Å². The van der Waals surface area contributed by atoms with E-state index in [0.29, 0.717) is 0 Å². The Labute approximate surface area is 174 Å². The van der Waals surface area contributed by atoms with Crippen LogP contribution in [0.5, 0.6) is 5.75 Å². The number of aryl methyl sites for hydroxylation is 1. The van der Waals surface area contributed by atoms with Gasteiger partial charge < -0.3 is 4.74 Å². The first-order valence-electron chi connectivity index (χ1n) is 9.57. The number of rotatable bonds is 3. The summed E-state index contributed by atoms with van der Waals surface area (Å²) in [5.74, 6) is -0.430. The number of fused-ring (bicyclic) bond motifs is 3. The van der Waals surface area contributed by atoms with Crippen LogP contribution in [-0.2, 0) is 15.4 Å². The van der Waals surface area contributed by atoms with Gasteiger partial charge in [-0.1, -0.05) is 43.7 Å². The van der Waals surface area contributed by atoms with Gasteiger partial charge in [0.05, 0.1) is 4.90 Å². The second kappa shape index (κ2) is 6.85. The molecule has 0 N–H and O–H groups in total. The minimum atomic E-state index is -4.76. The van der Waals surface area contributed by atoms with Gasteiger partial charge >= 0.3 is 6.36 Å². The highest BCUT2D eigenvalue weighted by Crippen LogP contribution is 2.52. The lowest BCUT2D eigenvalue weighted by molar-refractivity contribution is -0.274. The van der Waals surface area contributed by atoms with Crippen LogP contribution in [0.1, 0.15) is 30.5 Å². The average molecular weight is 437 g/mol. The van der Waals surface area contributed by atoms with E-state index < -0.39 is 21.8 Å². The molecular formula is C22H22F3NO3S. The summed E-state index contributed by atoms with van der Waals surface area (Å²) in [5.41, 5.74) is 2.98. The Kier molecular flexibility index (Phi) is 4.78. The van der Waals surface area contributed by atoms with E-state index in [2.05, 4.69) is 4.74 Å². The van der Waals surface area contributed by atoms with Crippen LogP contribution in [0.4, 0.5) is 13.2 Å². The molecule has 0 aromatic heterocycles. The van der Waals surface area contributed by atoms with E-state index in [1.165, 1.54) is 16.4 Å². The summed E-state index contributed by atoms with van der Waals surface area (Å²) < 4.78 is 69.7. The summed E-state index contributed by atoms with van der Waals surface area (Å²) in [6.07, 6.45) is -2.89. The third-order valence-electron chi connectivity index (χ3n) is 6.04. The van der Waals surface area contributed by atoms with Gasteiger partial charge in [-0.2, -0.15) is 4.31 Å². The first-order valence-corrected chi connectivity index (χ1v) is 11.0. The van der Waals surface area contributed by atoms with Crippen molar-refractivity contribution in [2.45, 2.75) is 37.4 Å². The second-order valence-corrected chi connectivity index (χ2v) is 10.3. The molecule has 0 saturated heterocycles. The summed E-state index contributed by atoms with van der Waals surface area (Å²) >= 11 is 0. The fraction of sp³-hybridized carbons (Fsp3) is 0.364. The molecule has 0 spiro atoms. The molecule has 1 atom stereocenters. The van der Waals surface area contributed by atoms with E-state index in [1.807, 2.05) is 26.8 Å². The van der Waals surface area contributed by atoms with Gasteiger partial charge in [-0.3, -0.25) is 0 Å². The maximum Gasteiger partial charge on any atom is 0.573 e. The minimum absolute atomic E-state index is 0.164. The van der Waals surface area contributed by atoms with Crippen molar-refractivity contribution in [2.24, 2.45) is 5.92 Å². The fourth-order valence-electron chi connectivity index (χ4n) is 4.38. The van der Waals surface area contributed by atoms with Crippen LogP contribution in [0.3, 0.4) is 0 Å². The number of benzene rings is 2. The van der Waals surface area contributed by atoms with Crippen molar-refractivity contribution in [3.8, 4) is 5.75 Å². The number of hydrogen-bond acceptors (Lipinski definition) is 3. The highest BCUT2D eigenvalue weighted by atomic mass is 32.2. The summed E-state index contributed by atoms with van der Waals surface area (Å²) in [5, 5.41) is 0. The fourth-order valence-corrected chi connectivity index (χ4v) is 5.78. The Bertz CT molecular complexity index is 1120.